The topological polar surface area (TPSA) is 0 Å². The van der Waals surface area contributed by atoms with E-state index in [9.17, 15) is 0 Å². The fourth-order valence-corrected chi connectivity index (χ4v) is 5.01. The summed E-state index contributed by atoms with van der Waals surface area (Å²) in [5, 5.41) is 0. The van der Waals surface area contributed by atoms with Crippen molar-refractivity contribution >= 4 is 0 Å². The van der Waals surface area contributed by atoms with E-state index >= 15 is 0 Å². The number of fused-ring (bicyclic) bond motifs is 1. The Kier molecular flexibility index (Phi) is 6.40. The van der Waals surface area contributed by atoms with Crippen LogP contribution in [0, 0.1) is 44.5 Å². The first-order valence-corrected chi connectivity index (χ1v) is 11.5. The Bertz CT molecular complexity index is 1320. The van der Waals surface area contributed by atoms with Gasteiger partial charge < -0.3 is 0 Å². The molecular formula is C33H30. The highest BCUT2D eigenvalue weighted by Gasteiger charge is 2.24. The fraction of sp³-hybridized carbons (Fsp3) is 0.212. The average Bonchev–Trinajstić information content (AvgIpc) is 2.82. The molecular weight excluding hydrogens is 396 g/mol. The van der Waals surface area contributed by atoms with Crippen molar-refractivity contribution in [1.82, 2.24) is 0 Å². The highest BCUT2D eigenvalue weighted by molar-refractivity contribution is 5.80. The van der Waals surface area contributed by atoms with E-state index in [1.54, 1.807) is 0 Å². The van der Waals surface area contributed by atoms with Crippen molar-refractivity contribution in [3.8, 4) is 35.8 Å². The third kappa shape index (κ3) is 4.44. The molecule has 0 saturated carbocycles. The lowest BCUT2D eigenvalue weighted by atomic mass is 9.76. The summed E-state index contributed by atoms with van der Waals surface area (Å²) in [5.41, 5.74) is 12.6. The van der Waals surface area contributed by atoms with Gasteiger partial charge in [-0.05, 0) is 67.3 Å². The molecule has 1 unspecified atom stereocenters. The minimum Gasteiger partial charge on any atom is -0.115 e. The third-order valence-electron chi connectivity index (χ3n) is 6.90. The maximum absolute atomic E-state index is 6.06. The molecule has 0 nitrogen and oxygen atoms in total. The van der Waals surface area contributed by atoms with E-state index in [2.05, 4.69) is 93.4 Å². The molecule has 162 valence electrons. The summed E-state index contributed by atoms with van der Waals surface area (Å²) in [6.07, 6.45) is 15.6. The van der Waals surface area contributed by atoms with E-state index in [-0.39, 0.29) is 0 Å². The SMILES string of the molecule is C#Cc1c(C)cc(CCC(=C)C2Cc3ccccc3CC2=C)c(C#C)c1-c1ccc(C)cc1. The van der Waals surface area contributed by atoms with Crippen LogP contribution >= 0.6 is 0 Å². The van der Waals surface area contributed by atoms with Crippen LogP contribution in [0.3, 0.4) is 0 Å². The molecule has 3 aromatic carbocycles. The van der Waals surface area contributed by atoms with Gasteiger partial charge >= 0.3 is 0 Å². The number of hydrogen-bond donors (Lipinski definition) is 0. The van der Waals surface area contributed by atoms with E-state index < -0.39 is 0 Å². The minimum absolute atomic E-state index is 0.317. The van der Waals surface area contributed by atoms with E-state index in [1.165, 1.54) is 27.8 Å². The van der Waals surface area contributed by atoms with Gasteiger partial charge in [0.15, 0.2) is 0 Å². The summed E-state index contributed by atoms with van der Waals surface area (Å²) < 4.78 is 0. The second kappa shape index (κ2) is 9.40. The van der Waals surface area contributed by atoms with Crippen molar-refractivity contribution in [2.45, 2.75) is 39.5 Å². The zero-order valence-electron chi connectivity index (χ0n) is 19.7. The maximum atomic E-state index is 6.06. The predicted octanol–water partition coefficient (Wildman–Crippen LogP) is 7.39. The van der Waals surface area contributed by atoms with Crippen LogP contribution in [0.5, 0.6) is 0 Å². The minimum atomic E-state index is 0.317. The van der Waals surface area contributed by atoms with Crippen LogP contribution in [-0.2, 0) is 19.3 Å². The Morgan fingerprint density at radius 2 is 1.64 bits per heavy atom. The lowest BCUT2D eigenvalue weighted by molar-refractivity contribution is 0.628. The molecule has 0 saturated heterocycles. The molecule has 0 fully saturated rings. The average molecular weight is 427 g/mol. The first-order valence-electron chi connectivity index (χ1n) is 11.5. The summed E-state index contributed by atoms with van der Waals surface area (Å²) in [6, 6.07) is 19.3. The van der Waals surface area contributed by atoms with Crippen molar-refractivity contribution in [3.05, 3.63) is 118 Å². The number of benzene rings is 3. The van der Waals surface area contributed by atoms with Gasteiger partial charge in [0.25, 0.3) is 0 Å². The van der Waals surface area contributed by atoms with Gasteiger partial charge in [0.2, 0.25) is 0 Å². The summed E-state index contributed by atoms with van der Waals surface area (Å²) in [6.45, 7) is 13.0. The zero-order chi connectivity index (χ0) is 23.5. The standard InChI is InChI=1S/C33H30/c1-7-30-24(5)20-29(31(8-2)33(30)26-16-13-22(3)14-17-26)18-15-23(4)32-21-28-12-10-9-11-27(28)19-25(32)6/h1-2,9-14,16-17,20,32H,4,6,15,18-19,21H2,3,5H3. The van der Waals surface area contributed by atoms with Gasteiger partial charge in [-0.2, -0.15) is 0 Å². The third-order valence-corrected chi connectivity index (χ3v) is 6.90. The van der Waals surface area contributed by atoms with Gasteiger partial charge in [0.1, 0.15) is 0 Å². The number of rotatable bonds is 5. The summed E-state index contributed by atoms with van der Waals surface area (Å²) in [7, 11) is 0. The number of allylic oxidation sites excluding steroid dienone is 2. The smallest absolute Gasteiger partial charge is 0.0365 e. The van der Waals surface area contributed by atoms with Gasteiger partial charge in [-0.15, -0.1) is 12.8 Å². The number of aryl methyl sites for hydroxylation is 3. The van der Waals surface area contributed by atoms with Crippen LogP contribution in [0.15, 0.2) is 78.9 Å². The van der Waals surface area contributed by atoms with Gasteiger partial charge in [-0.25, -0.2) is 0 Å². The first-order chi connectivity index (χ1) is 15.9. The van der Waals surface area contributed by atoms with Crippen molar-refractivity contribution in [2.75, 3.05) is 0 Å². The molecule has 0 bridgehead atoms. The molecule has 0 heteroatoms. The molecule has 1 aliphatic rings. The number of terminal acetylenes is 2. The molecule has 0 radical (unpaired) electrons. The lowest BCUT2D eigenvalue weighted by Crippen LogP contribution is -2.19. The molecule has 3 aromatic rings. The van der Waals surface area contributed by atoms with Crippen LogP contribution in [0.1, 0.15) is 45.4 Å². The number of hydrogen-bond acceptors (Lipinski definition) is 0. The highest BCUT2D eigenvalue weighted by atomic mass is 14.3. The molecule has 0 aliphatic heterocycles. The lowest BCUT2D eigenvalue weighted by Gasteiger charge is -2.29. The normalized spacial score (nSPS) is 14.8. The molecule has 0 N–H and O–H groups in total. The van der Waals surface area contributed by atoms with E-state index in [4.69, 9.17) is 12.8 Å². The Balaban J connectivity index is 1.63. The second-order valence-corrected chi connectivity index (χ2v) is 9.15. The van der Waals surface area contributed by atoms with Crippen LogP contribution in [-0.4, -0.2) is 0 Å². The Morgan fingerprint density at radius 3 is 2.30 bits per heavy atom. The quantitative estimate of drug-likeness (QED) is 0.295. The molecule has 0 spiro atoms. The van der Waals surface area contributed by atoms with Gasteiger partial charge in [0, 0.05) is 22.6 Å². The van der Waals surface area contributed by atoms with Crippen LogP contribution in [0.25, 0.3) is 11.1 Å². The predicted molar refractivity (Wildman–Crippen MR) is 141 cm³/mol. The fourth-order valence-electron chi connectivity index (χ4n) is 5.01. The summed E-state index contributed by atoms with van der Waals surface area (Å²) >= 11 is 0. The molecule has 0 amide bonds. The molecule has 0 heterocycles. The van der Waals surface area contributed by atoms with Crippen molar-refractivity contribution in [2.24, 2.45) is 5.92 Å². The van der Waals surface area contributed by atoms with E-state index in [1.807, 2.05) is 0 Å². The van der Waals surface area contributed by atoms with Gasteiger partial charge in [0.05, 0.1) is 0 Å². The second-order valence-electron chi connectivity index (χ2n) is 9.15. The molecule has 4 rings (SSSR count). The monoisotopic (exact) mass is 426 g/mol. The van der Waals surface area contributed by atoms with Gasteiger partial charge in [-0.3, -0.25) is 0 Å². The summed E-state index contributed by atoms with van der Waals surface area (Å²) in [4.78, 5) is 0. The highest BCUT2D eigenvalue weighted by Crippen LogP contribution is 2.36. The molecule has 1 aliphatic carbocycles. The molecule has 33 heavy (non-hydrogen) atoms. The molecule has 0 aromatic heterocycles. The summed E-state index contributed by atoms with van der Waals surface area (Å²) in [5.74, 6) is 6.16. The van der Waals surface area contributed by atoms with Crippen LogP contribution in [0.2, 0.25) is 0 Å². The van der Waals surface area contributed by atoms with Crippen molar-refractivity contribution < 1.29 is 0 Å². The first kappa shape index (κ1) is 22.5. The Hall–Kier alpha value is -3.74. The van der Waals surface area contributed by atoms with E-state index in [0.29, 0.717) is 5.92 Å². The maximum Gasteiger partial charge on any atom is 0.0365 e. The van der Waals surface area contributed by atoms with Crippen LogP contribution < -0.4 is 0 Å². The van der Waals surface area contributed by atoms with Crippen molar-refractivity contribution in [3.63, 3.8) is 0 Å². The largest absolute Gasteiger partial charge is 0.115 e. The molecule has 1 atom stereocenters. The van der Waals surface area contributed by atoms with E-state index in [0.717, 1.165) is 59.1 Å². The Morgan fingerprint density at radius 1 is 0.970 bits per heavy atom. The van der Waals surface area contributed by atoms with Gasteiger partial charge in [-0.1, -0.05) is 96.3 Å². The zero-order valence-corrected chi connectivity index (χ0v) is 19.7. The van der Waals surface area contributed by atoms with Crippen molar-refractivity contribution in [1.29, 1.82) is 0 Å². The Labute approximate surface area is 199 Å². The van der Waals surface area contributed by atoms with Crippen LogP contribution in [0.4, 0.5) is 0 Å².